The first-order chi connectivity index (χ1) is 10.3. The van der Waals surface area contributed by atoms with Crippen molar-refractivity contribution in [2.24, 2.45) is 0 Å². The van der Waals surface area contributed by atoms with Crippen molar-refractivity contribution in [2.45, 2.75) is 26.7 Å². The number of hydrogen-bond donors (Lipinski definition) is 2. The number of hydrogen-bond acceptors (Lipinski definition) is 4. The third-order valence-corrected chi connectivity index (χ3v) is 3.46. The number of para-hydroxylation sites is 2. The number of rotatable bonds is 4. The monoisotopic (exact) mass is 283 g/mol. The Balaban J connectivity index is 1.58. The normalized spacial score (nSPS) is 14.3. The van der Waals surface area contributed by atoms with Crippen molar-refractivity contribution < 1.29 is 4.42 Å². The second-order valence-electron chi connectivity index (χ2n) is 5.00. The molecule has 1 aliphatic rings. The molecule has 1 aromatic carbocycles. The highest BCUT2D eigenvalue weighted by atomic mass is 16.3. The summed E-state index contributed by atoms with van der Waals surface area (Å²) in [6.45, 7) is 4.91. The number of nitrogens with zero attached hydrogens (tertiary/aromatic N) is 2. The van der Waals surface area contributed by atoms with E-state index in [1.165, 1.54) is 11.3 Å². The predicted octanol–water partition coefficient (Wildman–Crippen LogP) is 1.74. The highest BCUT2D eigenvalue weighted by Crippen LogP contribution is 2.14. The van der Waals surface area contributed by atoms with Crippen molar-refractivity contribution in [3.05, 3.63) is 41.4 Å². The van der Waals surface area contributed by atoms with Gasteiger partial charge in [0.1, 0.15) is 5.52 Å². The van der Waals surface area contributed by atoms with Crippen LogP contribution in [0.4, 0.5) is 0 Å². The van der Waals surface area contributed by atoms with E-state index in [9.17, 15) is 0 Å². The molecule has 2 aromatic rings. The molecule has 0 amide bonds. The van der Waals surface area contributed by atoms with Crippen molar-refractivity contribution in [3.63, 3.8) is 0 Å². The number of nitrogens with one attached hydrogen (secondary N) is 2. The first-order valence-electron chi connectivity index (χ1n) is 7.22. The van der Waals surface area contributed by atoms with E-state index in [4.69, 9.17) is 4.42 Å². The maximum atomic E-state index is 5.69. The standard InChI is InChI=1S/C16H18N4O/c1-3-12-11(2)10-18-16(20-12)17-9-8-15-19-13-6-4-5-7-14(13)21-15/h4-7,10H,3,8-9H2,1-2H3,(H,17,18,20)/p+1. The highest BCUT2D eigenvalue weighted by Gasteiger charge is 2.16. The Morgan fingerprint density at radius 1 is 1.33 bits per heavy atom. The SMILES string of the molecule is CCC1=C(C)C=[N+]=C(NCCc2nc3ccccc3o2)N1. The lowest BCUT2D eigenvalue weighted by Gasteiger charge is -2.07. The van der Waals surface area contributed by atoms with E-state index in [1.54, 1.807) is 0 Å². The Hall–Kier alpha value is -2.52. The van der Waals surface area contributed by atoms with E-state index in [1.807, 2.05) is 30.5 Å². The van der Waals surface area contributed by atoms with Crippen molar-refractivity contribution in [1.82, 2.24) is 20.3 Å². The first kappa shape index (κ1) is 13.5. The van der Waals surface area contributed by atoms with E-state index in [-0.39, 0.29) is 0 Å². The van der Waals surface area contributed by atoms with Crippen LogP contribution in [0.2, 0.25) is 0 Å². The van der Waals surface area contributed by atoms with Gasteiger partial charge in [-0.2, -0.15) is 0 Å². The van der Waals surface area contributed by atoms with E-state index in [0.29, 0.717) is 0 Å². The lowest BCUT2D eigenvalue weighted by molar-refractivity contribution is 0.526. The molecule has 0 saturated carbocycles. The van der Waals surface area contributed by atoms with Crippen LogP contribution in [0.25, 0.3) is 11.1 Å². The molecule has 0 atom stereocenters. The van der Waals surface area contributed by atoms with Gasteiger partial charge in [0.05, 0.1) is 18.7 Å². The zero-order chi connectivity index (χ0) is 14.7. The molecule has 108 valence electrons. The maximum absolute atomic E-state index is 5.69. The molecule has 0 saturated heterocycles. The van der Waals surface area contributed by atoms with Gasteiger partial charge in [-0.1, -0.05) is 19.1 Å². The lowest BCUT2D eigenvalue weighted by atomic mass is 10.2. The molecule has 0 fully saturated rings. The summed E-state index contributed by atoms with van der Waals surface area (Å²) in [5, 5.41) is 6.57. The molecule has 2 N–H and O–H groups in total. The number of aromatic nitrogens is 1. The minimum absolute atomic E-state index is 0.722. The summed E-state index contributed by atoms with van der Waals surface area (Å²) in [6, 6.07) is 7.80. The lowest BCUT2D eigenvalue weighted by Crippen LogP contribution is -2.41. The molecular weight excluding hydrogens is 264 g/mol. The smallest absolute Gasteiger partial charge is 0.441 e. The van der Waals surface area contributed by atoms with Crippen LogP contribution < -0.4 is 15.3 Å². The maximum Gasteiger partial charge on any atom is 0.443 e. The Morgan fingerprint density at radius 2 is 2.19 bits per heavy atom. The molecule has 0 unspecified atom stereocenters. The van der Waals surface area contributed by atoms with Gasteiger partial charge in [0.2, 0.25) is 0 Å². The van der Waals surface area contributed by atoms with Gasteiger partial charge in [-0.15, -0.1) is 0 Å². The molecule has 0 bridgehead atoms. The molecule has 5 nitrogen and oxygen atoms in total. The number of allylic oxidation sites excluding steroid dienone is 2. The number of benzene rings is 1. The summed E-state index contributed by atoms with van der Waals surface area (Å²) in [4.78, 5) is 4.45. The molecule has 21 heavy (non-hydrogen) atoms. The summed E-state index contributed by atoms with van der Waals surface area (Å²) >= 11 is 0. The fraction of sp³-hybridized carbons (Fsp3) is 0.312. The van der Waals surface area contributed by atoms with Crippen LogP contribution in [0.15, 0.2) is 40.0 Å². The number of fused-ring (bicyclic) bond motifs is 1. The molecule has 3 rings (SSSR count). The second-order valence-corrected chi connectivity index (χ2v) is 5.00. The van der Waals surface area contributed by atoms with Crippen molar-refractivity contribution in [1.29, 1.82) is 0 Å². The topological polar surface area (TPSA) is 64.2 Å². The van der Waals surface area contributed by atoms with Gasteiger partial charge in [-0.3, -0.25) is 5.32 Å². The van der Waals surface area contributed by atoms with Crippen LogP contribution in [-0.4, -0.2) is 23.7 Å². The largest absolute Gasteiger partial charge is 0.443 e. The van der Waals surface area contributed by atoms with Crippen molar-refractivity contribution in [2.75, 3.05) is 6.54 Å². The first-order valence-corrected chi connectivity index (χ1v) is 7.22. The van der Waals surface area contributed by atoms with E-state index in [2.05, 4.69) is 34.1 Å². The van der Waals surface area contributed by atoms with Gasteiger partial charge in [0, 0.05) is 5.57 Å². The van der Waals surface area contributed by atoms with Crippen LogP contribution in [0.1, 0.15) is 26.2 Å². The fourth-order valence-corrected chi connectivity index (χ4v) is 2.28. The van der Waals surface area contributed by atoms with Gasteiger partial charge in [-0.25, -0.2) is 15.0 Å². The van der Waals surface area contributed by atoms with Gasteiger partial charge in [-0.05, 0) is 25.5 Å². The minimum atomic E-state index is 0.722. The summed E-state index contributed by atoms with van der Waals surface area (Å²) in [7, 11) is 0. The third-order valence-electron chi connectivity index (χ3n) is 3.46. The van der Waals surface area contributed by atoms with Crippen LogP contribution in [0, 0.1) is 0 Å². The number of guanidine groups is 1. The van der Waals surface area contributed by atoms with E-state index >= 15 is 0 Å². The number of oxazole rings is 1. The summed E-state index contributed by atoms with van der Waals surface area (Å²) in [5.74, 6) is 1.53. The molecular formula is C16H19N4O+. The summed E-state index contributed by atoms with van der Waals surface area (Å²) < 4.78 is 10.0. The Bertz CT molecular complexity index is 717. The Kier molecular flexibility index (Phi) is 3.75. The van der Waals surface area contributed by atoms with Gasteiger partial charge < -0.3 is 4.42 Å². The van der Waals surface area contributed by atoms with E-state index in [0.717, 1.165) is 42.3 Å². The van der Waals surface area contributed by atoms with Crippen molar-refractivity contribution in [3.8, 4) is 0 Å². The van der Waals surface area contributed by atoms with Crippen LogP contribution >= 0.6 is 0 Å². The molecule has 0 spiro atoms. The van der Waals surface area contributed by atoms with Gasteiger partial charge in [0.15, 0.2) is 17.7 Å². The molecule has 2 heterocycles. The Labute approximate surface area is 123 Å². The average molecular weight is 283 g/mol. The Morgan fingerprint density at radius 3 is 3.00 bits per heavy atom. The second kappa shape index (κ2) is 5.85. The zero-order valence-corrected chi connectivity index (χ0v) is 12.3. The predicted molar refractivity (Wildman–Crippen MR) is 85.0 cm³/mol. The highest BCUT2D eigenvalue weighted by molar-refractivity contribution is 5.91. The van der Waals surface area contributed by atoms with E-state index < -0.39 is 0 Å². The quantitative estimate of drug-likeness (QED) is 0.839. The van der Waals surface area contributed by atoms with Crippen LogP contribution in [-0.2, 0) is 6.42 Å². The van der Waals surface area contributed by atoms with Crippen LogP contribution in [0.5, 0.6) is 0 Å². The molecule has 5 heteroatoms. The van der Waals surface area contributed by atoms with Gasteiger partial charge >= 0.3 is 5.96 Å². The molecule has 1 aromatic heterocycles. The zero-order valence-electron chi connectivity index (χ0n) is 12.3. The minimum Gasteiger partial charge on any atom is -0.441 e. The van der Waals surface area contributed by atoms with Crippen LogP contribution in [0.3, 0.4) is 0 Å². The summed E-state index contributed by atoms with van der Waals surface area (Å²) in [5.41, 5.74) is 4.12. The van der Waals surface area contributed by atoms with Crippen molar-refractivity contribution >= 4 is 23.3 Å². The molecule has 1 aliphatic heterocycles. The molecule has 0 radical (unpaired) electrons. The third kappa shape index (κ3) is 2.98. The van der Waals surface area contributed by atoms with Gasteiger partial charge in [0.25, 0.3) is 0 Å². The fourth-order valence-electron chi connectivity index (χ4n) is 2.28. The average Bonchev–Trinajstić information content (AvgIpc) is 2.91. The molecule has 0 aliphatic carbocycles. The summed E-state index contributed by atoms with van der Waals surface area (Å²) in [6.07, 6.45) is 3.57.